The second-order valence-corrected chi connectivity index (χ2v) is 9.17. The van der Waals surface area contributed by atoms with Crippen LogP contribution >= 0.6 is 0 Å². The summed E-state index contributed by atoms with van der Waals surface area (Å²) in [7, 11) is 3.25. The summed E-state index contributed by atoms with van der Waals surface area (Å²) in [5, 5.41) is 6.24. The third-order valence-corrected chi connectivity index (χ3v) is 7.50. The largest absolute Gasteiger partial charge is 0.493 e. The zero-order valence-electron chi connectivity index (χ0n) is 19.2. The number of hydrogen-bond donors (Lipinski definition) is 2. The van der Waals surface area contributed by atoms with Gasteiger partial charge in [0.05, 0.1) is 26.3 Å². The van der Waals surface area contributed by atoms with Gasteiger partial charge in [0.2, 0.25) is 11.8 Å². The minimum Gasteiger partial charge on any atom is -0.493 e. The second-order valence-electron chi connectivity index (χ2n) is 9.17. The van der Waals surface area contributed by atoms with E-state index in [2.05, 4.69) is 27.7 Å². The van der Waals surface area contributed by atoms with Gasteiger partial charge in [-0.3, -0.25) is 14.5 Å². The Morgan fingerprint density at radius 2 is 1.85 bits per heavy atom. The molecule has 174 valence electrons. The van der Waals surface area contributed by atoms with Gasteiger partial charge in [-0.25, -0.2) is 0 Å². The van der Waals surface area contributed by atoms with Gasteiger partial charge in [0.15, 0.2) is 11.5 Å². The van der Waals surface area contributed by atoms with E-state index in [1.54, 1.807) is 14.2 Å². The number of piperazine rings is 1. The van der Waals surface area contributed by atoms with Gasteiger partial charge in [-0.15, -0.1) is 0 Å². The first kappa shape index (κ1) is 21.8. The summed E-state index contributed by atoms with van der Waals surface area (Å²) >= 11 is 0. The Bertz CT molecular complexity index is 1050. The SMILES string of the molecule is COc1cc2c(cc1OC)[C@@H]1CNC(=O)[C@H](C2)N1C1(C(=O)NCCc2ccccc2)CCC1. The molecule has 2 amide bonds. The molecule has 2 aromatic rings. The summed E-state index contributed by atoms with van der Waals surface area (Å²) in [5.41, 5.74) is 2.75. The minimum atomic E-state index is -0.644. The highest BCUT2D eigenvalue weighted by molar-refractivity contribution is 5.90. The van der Waals surface area contributed by atoms with E-state index in [4.69, 9.17) is 9.47 Å². The number of amides is 2. The molecule has 3 aliphatic rings. The van der Waals surface area contributed by atoms with Crippen LogP contribution in [-0.2, 0) is 22.4 Å². The standard InChI is InChI=1S/C26H31N3O4/c1-32-22-14-18-13-20-24(30)28-16-21(19(18)15-23(22)33-2)29(20)26(10-6-11-26)25(31)27-12-9-17-7-4-3-5-8-17/h3-5,7-8,14-15,20-21H,6,9-13,16H2,1-2H3,(H,27,31)(H,28,30)/t20-,21-/m0/s1. The third-order valence-electron chi connectivity index (χ3n) is 7.50. The lowest BCUT2D eigenvalue weighted by Crippen LogP contribution is -2.73. The van der Waals surface area contributed by atoms with Crippen molar-refractivity contribution in [3.05, 3.63) is 59.2 Å². The van der Waals surface area contributed by atoms with Crippen molar-refractivity contribution >= 4 is 11.8 Å². The van der Waals surface area contributed by atoms with Crippen LogP contribution in [0.3, 0.4) is 0 Å². The molecule has 2 fully saturated rings. The van der Waals surface area contributed by atoms with Gasteiger partial charge >= 0.3 is 0 Å². The first-order valence-corrected chi connectivity index (χ1v) is 11.7. The Kier molecular flexibility index (Phi) is 5.74. The van der Waals surface area contributed by atoms with Crippen LogP contribution in [-0.4, -0.2) is 55.6 Å². The van der Waals surface area contributed by atoms with Crippen LogP contribution in [0.25, 0.3) is 0 Å². The monoisotopic (exact) mass is 449 g/mol. The Balaban J connectivity index is 1.43. The van der Waals surface area contributed by atoms with Crippen molar-refractivity contribution < 1.29 is 19.1 Å². The number of benzene rings is 2. The van der Waals surface area contributed by atoms with Crippen molar-refractivity contribution in [1.82, 2.24) is 15.5 Å². The van der Waals surface area contributed by atoms with Gasteiger partial charge in [0.1, 0.15) is 5.54 Å². The van der Waals surface area contributed by atoms with Gasteiger partial charge in [-0.05, 0) is 60.9 Å². The highest BCUT2D eigenvalue weighted by Gasteiger charge is 2.58. The van der Waals surface area contributed by atoms with Gasteiger partial charge in [-0.1, -0.05) is 30.3 Å². The fourth-order valence-corrected chi connectivity index (χ4v) is 5.68. The molecule has 0 radical (unpaired) electrons. The number of hydrogen-bond acceptors (Lipinski definition) is 5. The molecule has 2 heterocycles. The van der Waals surface area contributed by atoms with E-state index in [0.29, 0.717) is 31.0 Å². The molecule has 1 saturated carbocycles. The fraction of sp³-hybridized carbons (Fsp3) is 0.462. The maximum atomic E-state index is 13.6. The summed E-state index contributed by atoms with van der Waals surface area (Å²) in [4.78, 5) is 28.8. The maximum Gasteiger partial charge on any atom is 0.240 e. The summed E-state index contributed by atoms with van der Waals surface area (Å²) in [5.74, 6) is 1.37. The lowest BCUT2D eigenvalue weighted by Gasteiger charge is -2.58. The predicted molar refractivity (Wildman–Crippen MR) is 124 cm³/mol. The van der Waals surface area contributed by atoms with Crippen LogP contribution in [0.2, 0.25) is 0 Å². The fourth-order valence-electron chi connectivity index (χ4n) is 5.68. The molecule has 0 unspecified atom stereocenters. The van der Waals surface area contributed by atoms with Crippen molar-refractivity contribution in [3.8, 4) is 11.5 Å². The zero-order valence-corrected chi connectivity index (χ0v) is 19.2. The lowest BCUT2D eigenvalue weighted by molar-refractivity contribution is -0.157. The summed E-state index contributed by atoms with van der Waals surface area (Å²) in [6.45, 7) is 1.07. The van der Waals surface area contributed by atoms with Gasteiger partial charge in [0, 0.05) is 13.1 Å². The number of carbonyl (C=O) groups is 2. The number of methoxy groups -OCH3 is 2. The molecule has 2 atom stereocenters. The number of nitrogens with one attached hydrogen (secondary N) is 2. The molecule has 7 heteroatoms. The van der Waals surface area contributed by atoms with Crippen molar-refractivity contribution in [2.45, 2.75) is 49.7 Å². The topological polar surface area (TPSA) is 79.9 Å². The zero-order chi connectivity index (χ0) is 23.0. The molecule has 1 saturated heterocycles. The predicted octanol–water partition coefficient (Wildman–Crippen LogP) is 2.38. The smallest absolute Gasteiger partial charge is 0.240 e. The highest BCUT2D eigenvalue weighted by atomic mass is 16.5. The lowest BCUT2D eigenvalue weighted by atomic mass is 9.69. The Morgan fingerprint density at radius 3 is 2.52 bits per heavy atom. The maximum absolute atomic E-state index is 13.6. The minimum absolute atomic E-state index is 0.00459. The van der Waals surface area contributed by atoms with E-state index in [1.165, 1.54) is 5.56 Å². The Morgan fingerprint density at radius 1 is 1.12 bits per heavy atom. The molecular formula is C26H31N3O4. The average molecular weight is 450 g/mol. The highest BCUT2D eigenvalue weighted by Crippen LogP contribution is 2.49. The van der Waals surface area contributed by atoms with Gasteiger partial charge < -0.3 is 20.1 Å². The molecule has 1 aliphatic carbocycles. The number of fused-ring (bicyclic) bond motifs is 4. The number of carbonyl (C=O) groups excluding carboxylic acids is 2. The molecule has 33 heavy (non-hydrogen) atoms. The quantitative estimate of drug-likeness (QED) is 0.679. The number of rotatable bonds is 7. The number of ether oxygens (including phenoxy) is 2. The molecule has 2 N–H and O–H groups in total. The van der Waals surface area contributed by atoms with E-state index in [0.717, 1.165) is 36.8 Å². The van der Waals surface area contributed by atoms with E-state index in [9.17, 15) is 9.59 Å². The van der Waals surface area contributed by atoms with Crippen molar-refractivity contribution in [3.63, 3.8) is 0 Å². The molecular weight excluding hydrogens is 418 g/mol. The average Bonchev–Trinajstić information content (AvgIpc) is 2.80. The summed E-state index contributed by atoms with van der Waals surface area (Å²) in [6.07, 6.45) is 3.87. The summed E-state index contributed by atoms with van der Waals surface area (Å²) in [6, 6.07) is 13.7. The van der Waals surface area contributed by atoms with E-state index < -0.39 is 5.54 Å². The molecule has 7 nitrogen and oxygen atoms in total. The van der Waals surface area contributed by atoms with Crippen LogP contribution in [0.1, 0.15) is 42.0 Å². The second kappa shape index (κ2) is 8.71. The van der Waals surface area contributed by atoms with Crippen LogP contribution in [0, 0.1) is 0 Å². The molecule has 2 bridgehead atoms. The van der Waals surface area contributed by atoms with Crippen LogP contribution in [0.5, 0.6) is 11.5 Å². The molecule has 2 aromatic carbocycles. The first-order chi connectivity index (χ1) is 16.1. The molecule has 0 spiro atoms. The molecule has 2 aliphatic heterocycles. The van der Waals surface area contributed by atoms with Crippen LogP contribution in [0.15, 0.2) is 42.5 Å². The summed E-state index contributed by atoms with van der Waals surface area (Å²) < 4.78 is 11.0. The third kappa shape index (κ3) is 3.64. The first-order valence-electron chi connectivity index (χ1n) is 11.7. The van der Waals surface area contributed by atoms with E-state index in [1.807, 2.05) is 30.3 Å². The van der Waals surface area contributed by atoms with E-state index >= 15 is 0 Å². The number of nitrogens with zero attached hydrogens (tertiary/aromatic N) is 1. The molecule has 0 aromatic heterocycles. The Hall–Kier alpha value is -3.06. The van der Waals surface area contributed by atoms with Crippen molar-refractivity contribution in [1.29, 1.82) is 0 Å². The normalized spacial score (nSPS) is 23.0. The van der Waals surface area contributed by atoms with Crippen molar-refractivity contribution in [2.24, 2.45) is 0 Å². The molecule has 5 rings (SSSR count). The van der Waals surface area contributed by atoms with E-state index in [-0.39, 0.29) is 23.9 Å². The van der Waals surface area contributed by atoms with Crippen LogP contribution in [0.4, 0.5) is 0 Å². The van der Waals surface area contributed by atoms with Crippen LogP contribution < -0.4 is 20.1 Å². The van der Waals surface area contributed by atoms with Crippen molar-refractivity contribution in [2.75, 3.05) is 27.3 Å². The Labute approximate surface area is 194 Å². The van der Waals surface area contributed by atoms with Gasteiger partial charge in [0.25, 0.3) is 0 Å². The van der Waals surface area contributed by atoms with Gasteiger partial charge in [-0.2, -0.15) is 0 Å².